The molecule has 0 unspecified atom stereocenters. The monoisotopic (exact) mass is 276 g/mol. The normalized spacial score (nSPS) is 11.2. The highest BCUT2D eigenvalue weighted by molar-refractivity contribution is 6.09. The highest BCUT2D eigenvalue weighted by atomic mass is 16.4. The van der Waals surface area contributed by atoms with Gasteiger partial charge in [-0.15, -0.1) is 0 Å². The zero-order valence-electron chi connectivity index (χ0n) is 11.2. The summed E-state index contributed by atoms with van der Waals surface area (Å²) < 4.78 is 1.80. The number of carbonyl (C=O) groups is 1. The van der Waals surface area contributed by atoms with E-state index in [4.69, 9.17) is 10.4 Å². The van der Waals surface area contributed by atoms with E-state index in [0.29, 0.717) is 0 Å². The van der Waals surface area contributed by atoms with E-state index in [0.717, 1.165) is 27.4 Å². The molecular weight excluding hydrogens is 264 g/mol. The molecule has 0 radical (unpaired) electrons. The number of allylic oxidation sites excluding steroid dienone is 1. The summed E-state index contributed by atoms with van der Waals surface area (Å²) >= 11 is 0. The van der Waals surface area contributed by atoms with E-state index in [1.807, 2.05) is 48.5 Å². The van der Waals surface area contributed by atoms with Gasteiger partial charge < -0.3 is 9.67 Å². The molecule has 102 valence electrons. The van der Waals surface area contributed by atoms with Gasteiger partial charge in [-0.25, -0.2) is 0 Å². The van der Waals surface area contributed by atoms with Gasteiger partial charge in [-0.2, -0.15) is 5.26 Å². The van der Waals surface area contributed by atoms with Crippen molar-refractivity contribution in [2.24, 2.45) is 0 Å². The van der Waals surface area contributed by atoms with Crippen molar-refractivity contribution in [3.05, 3.63) is 54.1 Å². The van der Waals surface area contributed by atoms with Crippen LogP contribution in [-0.2, 0) is 11.3 Å². The second-order valence-corrected chi connectivity index (χ2v) is 4.74. The second kappa shape index (κ2) is 5.14. The van der Waals surface area contributed by atoms with Gasteiger partial charge in [0.2, 0.25) is 0 Å². The number of hydrogen-bond donors (Lipinski definition) is 1. The van der Waals surface area contributed by atoms with Crippen LogP contribution in [0.2, 0.25) is 0 Å². The van der Waals surface area contributed by atoms with E-state index in [1.165, 1.54) is 6.08 Å². The number of para-hydroxylation sites is 1. The van der Waals surface area contributed by atoms with Crippen molar-refractivity contribution in [1.29, 1.82) is 5.26 Å². The smallest absolute Gasteiger partial charge is 0.323 e. The van der Waals surface area contributed by atoms with Crippen LogP contribution in [-0.4, -0.2) is 15.6 Å². The fraction of sp³-hybridized carbons (Fsp3) is 0.0588. The summed E-state index contributed by atoms with van der Waals surface area (Å²) in [5, 5.41) is 19.7. The first kappa shape index (κ1) is 12.9. The van der Waals surface area contributed by atoms with Gasteiger partial charge in [0, 0.05) is 27.9 Å². The van der Waals surface area contributed by atoms with Crippen LogP contribution in [0, 0.1) is 11.3 Å². The Bertz CT molecular complexity index is 914. The summed E-state index contributed by atoms with van der Waals surface area (Å²) in [6.07, 6.45) is 3.17. The van der Waals surface area contributed by atoms with E-state index in [9.17, 15) is 4.79 Å². The third kappa shape index (κ3) is 2.26. The summed E-state index contributed by atoms with van der Waals surface area (Å²) in [5.74, 6) is -0.869. The fourth-order valence-electron chi connectivity index (χ4n) is 2.61. The third-order valence-electron chi connectivity index (χ3n) is 3.44. The van der Waals surface area contributed by atoms with E-state index >= 15 is 0 Å². The number of carboxylic acid groups (broad SMARTS) is 1. The molecule has 0 aliphatic carbocycles. The minimum atomic E-state index is -0.869. The second-order valence-electron chi connectivity index (χ2n) is 4.74. The van der Waals surface area contributed by atoms with E-state index in [-0.39, 0.29) is 6.54 Å². The lowest BCUT2D eigenvalue weighted by atomic mass is 10.1. The summed E-state index contributed by atoms with van der Waals surface area (Å²) in [5.41, 5.74) is 2.70. The maximum Gasteiger partial charge on any atom is 0.323 e. The molecule has 0 aliphatic heterocycles. The van der Waals surface area contributed by atoms with Gasteiger partial charge in [0.25, 0.3) is 0 Å². The van der Waals surface area contributed by atoms with Crippen LogP contribution < -0.4 is 0 Å². The lowest BCUT2D eigenvalue weighted by Crippen LogP contribution is -2.08. The van der Waals surface area contributed by atoms with Gasteiger partial charge >= 0.3 is 5.97 Å². The first-order chi connectivity index (χ1) is 10.2. The lowest BCUT2D eigenvalue weighted by Gasteiger charge is -2.03. The van der Waals surface area contributed by atoms with Crippen molar-refractivity contribution in [3.63, 3.8) is 0 Å². The van der Waals surface area contributed by atoms with Crippen LogP contribution in [0.1, 0.15) is 5.56 Å². The number of hydrogen-bond acceptors (Lipinski definition) is 2. The number of fused-ring (bicyclic) bond motifs is 3. The molecule has 0 bridgehead atoms. The maximum atomic E-state index is 11.1. The van der Waals surface area contributed by atoms with Crippen molar-refractivity contribution >= 4 is 33.9 Å². The van der Waals surface area contributed by atoms with Crippen molar-refractivity contribution < 1.29 is 9.90 Å². The molecule has 21 heavy (non-hydrogen) atoms. The zero-order chi connectivity index (χ0) is 14.8. The van der Waals surface area contributed by atoms with Crippen LogP contribution in [0.15, 0.2) is 48.5 Å². The number of carboxylic acids is 1. The molecule has 1 N–H and O–H groups in total. The number of aromatic nitrogens is 1. The number of nitriles is 1. The molecular formula is C17H12N2O2. The molecule has 4 nitrogen and oxygen atoms in total. The highest BCUT2D eigenvalue weighted by Crippen LogP contribution is 2.29. The van der Waals surface area contributed by atoms with E-state index in [2.05, 4.69) is 0 Å². The summed E-state index contributed by atoms with van der Waals surface area (Å²) in [6, 6.07) is 15.5. The number of aliphatic carboxylic acids is 1. The SMILES string of the molecule is N#C/C=C/c1ccc2c(c1)c1ccccc1n2CC(=O)O. The van der Waals surface area contributed by atoms with Gasteiger partial charge in [0.15, 0.2) is 0 Å². The predicted molar refractivity (Wildman–Crippen MR) is 81.7 cm³/mol. The Hall–Kier alpha value is -3.06. The Labute approximate surface area is 121 Å². The van der Waals surface area contributed by atoms with Gasteiger partial charge in [-0.1, -0.05) is 24.3 Å². The molecule has 0 fully saturated rings. The van der Waals surface area contributed by atoms with E-state index < -0.39 is 5.97 Å². The molecule has 0 saturated carbocycles. The summed E-state index contributed by atoms with van der Waals surface area (Å²) in [7, 11) is 0. The van der Waals surface area contributed by atoms with Crippen LogP contribution in [0.5, 0.6) is 0 Å². The van der Waals surface area contributed by atoms with Gasteiger partial charge in [-0.3, -0.25) is 4.79 Å². The minimum absolute atomic E-state index is 0.0720. The van der Waals surface area contributed by atoms with Crippen molar-refractivity contribution in [2.75, 3.05) is 0 Å². The Morgan fingerprint density at radius 3 is 2.71 bits per heavy atom. The number of rotatable bonds is 3. The number of nitrogens with zero attached hydrogens (tertiary/aromatic N) is 2. The van der Waals surface area contributed by atoms with Gasteiger partial charge in [0.05, 0.1) is 6.07 Å². The maximum absolute atomic E-state index is 11.1. The Morgan fingerprint density at radius 2 is 1.95 bits per heavy atom. The van der Waals surface area contributed by atoms with Crippen molar-refractivity contribution in [2.45, 2.75) is 6.54 Å². The largest absolute Gasteiger partial charge is 0.480 e. The van der Waals surface area contributed by atoms with Crippen LogP contribution in [0.25, 0.3) is 27.9 Å². The minimum Gasteiger partial charge on any atom is -0.480 e. The summed E-state index contributed by atoms with van der Waals surface area (Å²) in [6.45, 7) is -0.0720. The Morgan fingerprint density at radius 1 is 1.19 bits per heavy atom. The number of benzene rings is 2. The molecule has 1 heterocycles. The lowest BCUT2D eigenvalue weighted by molar-refractivity contribution is -0.137. The first-order valence-corrected chi connectivity index (χ1v) is 6.49. The standard InChI is InChI=1S/C17H12N2O2/c18-9-3-4-12-7-8-16-14(10-12)13-5-1-2-6-15(13)19(16)11-17(20)21/h1-8,10H,11H2,(H,20,21)/b4-3+. The van der Waals surface area contributed by atoms with Gasteiger partial charge in [-0.05, 0) is 29.8 Å². The first-order valence-electron chi connectivity index (χ1n) is 6.49. The molecule has 3 aromatic rings. The summed E-state index contributed by atoms with van der Waals surface area (Å²) in [4.78, 5) is 11.1. The van der Waals surface area contributed by atoms with Gasteiger partial charge in [0.1, 0.15) is 6.54 Å². The molecule has 4 heteroatoms. The molecule has 0 spiro atoms. The zero-order valence-corrected chi connectivity index (χ0v) is 11.2. The predicted octanol–water partition coefficient (Wildman–Crippen LogP) is 3.42. The van der Waals surface area contributed by atoms with Crippen LogP contribution >= 0.6 is 0 Å². The van der Waals surface area contributed by atoms with Crippen LogP contribution in [0.3, 0.4) is 0 Å². The van der Waals surface area contributed by atoms with Crippen molar-refractivity contribution in [1.82, 2.24) is 4.57 Å². The van der Waals surface area contributed by atoms with E-state index in [1.54, 1.807) is 10.6 Å². The Balaban J connectivity index is 2.32. The average Bonchev–Trinajstić information content (AvgIpc) is 2.79. The molecule has 1 aromatic heterocycles. The third-order valence-corrected chi connectivity index (χ3v) is 3.44. The highest BCUT2D eigenvalue weighted by Gasteiger charge is 2.12. The molecule has 3 rings (SSSR count). The van der Waals surface area contributed by atoms with Crippen molar-refractivity contribution in [3.8, 4) is 6.07 Å². The average molecular weight is 276 g/mol. The molecule has 2 aromatic carbocycles. The topological polar surface area (TPSA) is 66.0 Å². The quantitative estimate of drug-likeness (QED) is 0.745. The molecule has 0 saturated heterocycles. The molecule has 0 amide bonds. The molecule has 0 atom stereocenters. The molecule has 0 aliphatic rings. The fourth-order valence-corrected chi connectivity index (χ4v) is 2.61. The Kier molecular flexibility index (Phi) is 3.17. The van der Waals surface area contributed by atoms with Crippen LogP contribution in [0.4, 0.5) is 0 Å².